The third-order valence-electron chi connectivity index (χ3n) is 3.94. The van der Waals surface area contributed by atoms with Crippen LogP contribution in [0.5, 0.6) is 0 Å². The molecule has 3 heteroatoms. The average Bonchev–Trinajstić information content (AvgIpc) is 2.93. The highest BCUT2D eigenvalue weighted by Crippen LogP contribution is 2.52. The van der Waals surface area contributed by atoms with E-state index in [1.165, 1.54) is 31.4 Å². The molecule has 3 nitrogen and oxygen atoms in total. The zero-order valence-electron chi connectivity index (χ0n) is 8.24. The van der Waals surface area contributed by atoms with Crippen molar-refractivity contribution in [1.29, 1.82) is 0 Å². The molecule has 0 amide bonds. The Labute approximate surface area is 83.5 Å². The van der Waals surface area contributed by atoms with Gasteiger partial charge in [-0.3, -0.25) is 5.10 Å². The Bertz CT molecular complexity index is 334. The number of aromatic amines is 1. The highest BCUT2D eigenvalue weighted by atomic mass is 16.3. The van der Waals surface area contributed by atoms with Crippen molar-refractivity contribution in [3.8, 4) is 0 Å². The van der Waals surface area contributed by atoms with Gasteiger partial charge in [-0.25, -0.2) is 0 Å². The molecule has 0 saturated heterocycles. The molecule has 2 N–H and O–H groups in total. The molecule has 3 rings (SSSR count). The summed E-state index contributed by atoms with van der Waals surface area (Å²) < 4.78 is 0. The number of aliphatic hydroxyl groups is 1. The van der Waals surface area contributed by atoms with Crippen LogP contribution in [0.1, 0.15) is 43.0 Å². The molecular weight excluding hydrogens is 176 g/mol. The third kappa shape index (κ3) is 1.19. The number of H-pyrrole nitrogens is 1. The molecule has 2 bridgehead atoms. The quantitative estimate of drug-likeness (QED) is 0.750. The lowest BCUT2D eigenvalue weighted by atomic mass is 9.86. The molecule has 14 heavy (non-hydrogen) atoms. The minimum Gasteiger partial charge on any atom is -0.390 e. The fraction of sp³-hybridized carbons (Fsp3) is 0.727. The third-order valence-corrected chi connectivity index (χ3v) is 3.94. The van der Waals surface area contributed by atoms with Crippen LogP contribution in [-0.2, 0) is 6.61 Å². The summed E-state index contributed by atoms with van der Waals surface area (Å²) in [4.78, 5) is 0. The van der Waals surface area contributed by atoms with E-state index < -0.39 is 0 Å². The van der Waals surface area contributed by atoms with Crippen molar-refractivity contribution >= 4 is 0 Å². The van der Waals surface area contributed by atoms with Crippen molar-refractivity contribution < 1.29 is 5.11 Å². The van der Waals surface area contributed by atoms with E-state index in [-0.39, 0.29) is 6.61 Å². The van der Waals surface area contributed by atoms with Crippen molar-refractivity contribution in [1.82, 2.24) is 10.2 Å². The summed E-state index contributed by atoms with van der Waals surface area (Å²) in [7, 11) is 0. The van der Waals surface area contributed by atoms with Crippen LogP contribution < -0.4 is 0 Å². The SMILES string of the molecule is OCc1cc(C2CC3CCC2C3)n[nH]1. The lowest BCUT2D eigenvalue weighted by Crippen LogP contribution is -2.08. The van der Waals surface area contributed by atoms with E-state index in [1.807, 2.05) is 6.07 Å². The molecule has 3 unspecified atom stereocenters. The van der Waals surface area contributed by atoms with Crippen molar-refractivity contribution in [2.75, 3.05) is 0 Å². The number of nitrogens with zero attached hydrogens (tertiary/aromatic N) is 1. The molecule has 1 aromatic heterocycles. The van der Waals surface area contributed by atoms with E-state index in [0.29, 0.717) is 5.92 Å². The first-order valence-corrected chi connectivity index (χ1v) is 5.52. The van der Waals surface area contributed by atoms with Gasteiger partial charge in [-0.05, 0) is 37.2 Å². The summed E-state index contributed by atoms with van der Waals surface area (Å²) in [6.45, 7) is 0.0772. The van der Waals surface area contributed by atoms with E-state index in [9.17, 15) is 0 Å². The second-order valence-corrected chi connectivity index (χ2v) is 4.76. The normalized spacial score (nSPS) is 35.4. The monoisotopic (exact) mass is 192 g/mol. The van der Waals surface area contributed by atoms with Crippen LogP contribution in [0.25, 0.3) is 0 Å². The summed E-state index contributed by atoms with van der Waals surface area (Å²) in [6.07, 6.45) is 5.54. The van der Waals surface area contributed by atoms with E-state index in [4.69, 9.17) is 5.11 Å². The maximum absolute atomic E-state index is 8.95. The van der Waals surface area contributed by atoms with Gasteiger partial charge in [0, 0.05) is 5.92 Å². The minimum atomic E-state index is 0.0772. The molecule has 0 radical (unpaired) electrons. The van der Waals surface area contributed by atoms with E-state index in [0.717, 1.165) is 17.5 Å². The van der Waals surface area contributed by atoms with Gasteiger partial charge in [-0.1, -0.05) is 6.42 Å². The molecule has 76 valence electrons. The predicted molar refractivity (Wildman–Crippen MR) is 52.7 cm³/mol. The van der Waals surface area contributed by atoms with Gasteiger partial charge in [0.15, 0.2) is 0 Å². The number of aromatic nitrogens is 2. The van der Waals surface area contributed by atoms with Gasteiger partial charge in [0.25, 0.3) is 0 Å². The number of fused-ring (bicyclic) bond motifs is 2. The largest absolute Gasteiger partial charge is 0.390 e. The Balaban J connectivity index is 1.82. The van der Waals surface area contributed by atoms with Crippen molar-refractivity contribution in [3.05, 3.63) is 17.5 Å². The van der Waals surface area contributed by atoms with Gasteiger partial charge in [0.05, 0.1) is 18.0 Å². The first-order chi connectivity index (χ1) is 6.86. The topological polar surface area (TPSA) is 48.9 Å². The van der Waals surface area contributed by atoms with Crippen LogP contribution in [0.3, 0.4) is 0 Å². The van der Waals surface area contributed by atoms with Gasteiger partial charge in [-0.2, -0.15) is 5.10 Å². The Morgan fingerprint density at radius 3 is 2.93 bits per heavy atom. The second-order valence-electron chi connectivity index (χ2n) is 4.76. The fourth-order valence-corrected chi connectivity index (χ4v) is 3.26. The van der Waals surface area contributed by atoms with Crippen LogP contribution in [0.15, 0.2) is 6.07 Å². The standard InChI is InChI=1S/C11H16N2O/c14-6-9-5-11(13-12-9)10-4-7-1-2-8(10)3-7/h5,7-8,10,14H,1-4,6H2,(H,12,13). The zero-order valence-corrected chi connectivity index (χ0v) is 8.24. The molecule has 0 spiro atoms. The summed E-state index contributed by atoms with van der Waals surface area (Å²) in [6, 6.07) is 2.03. The van der Waals surface area contributed by atoms with Gasteiger partial charge in [0.1, 0.15) is 0 Å². The lowest BCUT2D eigenvalue weighted by molar-refractivity contribution is 0.276. The smallest absolute Gasteiger partial charge is 0.0847 e. The summed E-state index contributed by atoms with van der Waals surface area (Å²) >= 11 is 0. The van der Waals surface area contributed by atoms with E-state index in [1.54, 1.807) is 0 Å². The summed E-state index contributed by atoms with van der Waals surface area (Å²) in [5.41, 5.74) is 2.03. The molecule has 3 atom stereocenters. The van der Waals surface area contributed by atoms with Crippen LogP contribution in [-0.4, -0.2) is 15.3 Å². The summed E-state index contributed by atoms with van der Waals surface area (Å²) in [5.74, 6) is 2.50. The first kappa shape index (κ1) is 8.48. The number of nitrogens with one attached hydrogen (secondary N) is 1. The number of aliphatic hydroxyl groups excluding tert-OH is 1. The fourth-order valence-electron chi connectivity index (χ4n) is 3.26. The first-order valence-electron chi connectivity index (χ1n) is 5.52. The van der Waals surface area contributed by atoms with Gasteiger partial charge in [0.2, 0.25) is 0 Å². The number of rotatable bonds is 2. The Kier molecular flexibility index (Phi) is 1.87. The molecular formula is C11H16N2O. The van der Waals surface area contributed by atoms with Gasteiger partial charge < -0.3 is 5.11 Å². The number of hydrogen-bond acceptors (Lipinski definition) is 2. The molecule has 0 aliphatic heterocycles. The van der Waals surface area contributed by atoms with Crippen molar-refractivity contribution in [3.63, 3.8) is 0 Å². The second kappa shape index (κ2) is 3.09. The Hall–Kier alpha value is -0.830. The highest BCUT2D eigenvalue weighted by molar-refractivity contribution is 5.17. The molecule has 0 aromatic carbocycles. The molecule has 2 saturated carbocycles. The van der Waals surface area contributed by atoms with Crippen LogP contribution in [0.2, 0.25) is 0 Å². The molecule has 2 fully saturated rings. The maximum Gasteiger partial charge on any atom is 0.0847 e. The predicted octanol–water partition coefficient (Wildman–Crippen LogP) is 1.81. The van der Waals surface area contributed by atoms with Gasteiger partial charge in [-0.15, -0.1) is 0 Å². The number of hydrogen-bond donors (Lipinski definition) is 2. The van der Waals surface area contributed by atoms with Crippen LogP contribution in [0.4, 0.5) is 0 Å². The highest BCUT2D eigenvalue weighted by Gasteiger charge is 2.41. The lowest BCUT2D eigenvalue weighted by Gasteiger charge is -2.18. The van der Waals surface area contributed by atoms with E-state index >= 15 is 0 Å². The average molecular weight is 192 g/mol. The van der Waals surface area contributed by atoms with E-state index in [2.05, 4.69) is 10.2 Å². The van der Waals surface area contributed by atoms with Crippen LogP contribution in [0, 0.1) is 11.8 Å². The molecule has 2 aliphatic rings. The Morgan fingerprint density at radius 1 is 1.43 bits per heavy atom. The molecule has 2 aliphatic carbocycles. The Morgan fingerprint density at radius 2 is 2.36 bits per heavy atom. The van der Waals surface area contributed by atoms with Gasteiger partial charge >= 0.3 is 0 Å². The molecule has 1 heterocycles. The zero-order chi connectivity index (χ0) is 9.54. The maximum atomic E-state index is 8.95. The summed E-state index contributed by atoms with van der Waals surface area (Å²) in [5, 5.41) is 16.1. The van der Waals surface area contributed by atoms with Crippen LogP contribution >= 0.6 is 0 Å². The molecule has 1 aromatic rings. The minimum absolute atomic E-state index is 0.0772. The van der Waals surface area contributed by atoms with Crippen molar-refractivity contribution in [2.24, 2.45) is 11.8 Å². The van der Waals surface area contributed by atoms with Crippen molar-refractivity contribution in [2.45, 2.75) is 38.2 Å².